The zero-order valence-electron chi connectivity index (χ0n) is 8.96. The quantitative estimate of drug-likeness (QED) is 0.701. The number of aliphatic hydroxyl groups is 1. The van der Waals surface area contributed by atoms with Crippen LogP contribution in [0.5, 0.6) is 0 Å². The van der Waals surface area contributed by atoms with Gasteiger partial charge in [-0.25, -0.2) is 0 Å². The maximum atomic E-state index is 12.7. The van der Waals surface area contributed by atoms with Crippen molar-refractivity contribution in [1.29, 1.82) is 0 Å². The van der Waals surface area contributed by atoms with Crippen molar-refractivity contribution in [2.24, 2.45) is 0 Å². The van der Waals surface area contributed by atoms with Crippen LogP contribution >= 0.6 is 0 Å². The normalized spacial score (nSPS) is 24.2. The van der Waals surface area contributed by atoms with E-state index in [0.29, 0.717) is 12.8 Å². The number of nitrogen functional groups attached to an aromatic ring is 1. The Labute approximate surface area is 96.4 Å². The smallest absolute Gasteiger partial charge is 0.399 e. The average Bonchev–Trinajstić information content (AvgIpc) is 2.16. The highest BCUT2D eigenvalue weighted by Gasteiger charge is 2.35. The molecule has 0 spiro atoms. The molecule has 0 saturated heterocycles. The molecule has 1 aromatic carbocycles. The zero-order valence-corrected chi connectivity index (χ0v) is 8.96. The van der Waals surface area contributed by atoms with E-state index in [0.717, 1.165) is 6.07 Å². The summed E-state index contributed by atoms with van der Waals surface area (Å²) in [6, 6.07) is 3.56. The van der Waals surface area contributed by atoms with Gasteiger partial charge in [0.05, 0.1) is 11.7 Å². The molecule has 0 bridgehead atoms. The molecule has 1 fully saturated rings. The Morgan fingerprint density at radius 3 is 2.47 bits per heavy atom. The third-order valence-corrected chi connectivity index (χ3v) is 2.82. The number of alkyl halides is 3. The van der Waals surface area contributed by atoms with Crippen LogP contribution in [-0.4, -0.2) is 17.3 Å². The molecule has 0 radical (unpaired) electrons. The number of rotatable bonds is 2. The van der Waals surface area contributed by atoms with Crippen molar-refractivity contribution in [2.75, 3.05) is 11.1 Å². The van der Waals surface area contributed by atoms with Crippen LogP contribution in [0.25, 0.3) is 0 Å². The lowest BCUT2D eigenvalue weighted by atomic mass is 9.89. The van der Waals surface area contributed by atoms with Gasteiger partial charge in [-0.3, -0.25) is 0 Å². The Balaban J connectivity index is 2.21. The Morgan fingerprint density at radius 2 is 1.94 bits per heavy atom. The van der Waals surface area contributed by atoms with Gasteiger partial charge in [-0.1, -0.05) is 0 Å². The maximum absolute atomic E-state index is 12.7. The third kappa shape index (κ3) is 2.63. The fourth-order valence-electron chi connectivity index (χ4n) is 1.85. The Bertz CT molecular complexity index is 414. The summed E-state index contributed by atoms with van der Waals surface area (Å²) in [7, 11) is 0. The fourth-order valence-corrected chi connectivity index (χ4v) is 1.85. The molecule has 4 N–H and O–H groups in total. The molecule has 94 valence electrons. The van der Waals surface area contributed by atoms with Crippen molar-refractivity contribution in [2.45, 2.75) is 31.2 Å². The molecule has 1 aliphatic rings. The Hall–Kier alpha value is -1.43. The molecule has 0 aliphatic heterocycles. The molecule has 0 atom stereocenters. The van der Waals surface area contributed by atoms with E-state index in [-0.39, 0.29) is 17.4 Å². The highest BCUT2D eigenvalue weighted by atomic mass is 19.4. The lowest BCUT2D eigenvalue weighted by Crippen LogP contribution is -2.39. The maximum Gasteiger partial charge on any atom is 0.418 e. The van der Waals surface area contributed by atoms with Gasteiger partial charge in [-0.15, -0.1) is 0 Å². The monoisotopic (exact) mass is 246 g/mol. The van der Waals surface area contributed by atoms with E-state index in [4.69, 9.17) is 10.8 Å². The number of benzene rings is 1. The van der Waals surface area contributed by atoms with Gasteiger partial charge in [0.1, 0.15) is 0 Å². The molecule has 1 aliphatic carbocycles. The van der Waals surface area contributed by atoms with Crippen molar-refractivity contribution in [3.63, 3.8) is 0 Å². The summed E-state index contributed by atoms with van der Waals surface area (Å²) in [4.78, 5) is 0. The van der Waals surface area contributed by atoms with Crippen molar-refractivity contribution >= 4 is 11.4 Å². The van der Waals surface area contributed by atoms with Crippen molar-refractivity contribution < 1.29 is 18.3 Å². The van der Waals surface area contributed by atoms with E-state index in [1.54, 1.807) is 0 Å². The average molecular weight is 246 g/mol. The SMILES string of the molecule is Nc1ccc(NC2CC(O)C2)c(C(F)(F)F)c1. The van der Waals surface area contributed by atoms with Gasteiger partial charge >= 0.3 is 6.18 Å². The summed E-state index contributed by atoms with van der Waals surface area (Å²) in [6.07, 6.45) is -3.89. The van der Waals surface area contributed by atoms with Gasteiger partial charge in [-0.05, 0) is 31.0 Å². The summed E-state index contributed by atoms with van der Waals surface area (Å²) in [5.41, 5.74) is 4.69. The standard InChI is InChI=1S/C11H13F3N2O/c12-11(13,14)9-3-6(15)1-2-10(9)16-7-4-8(17)5-7/h1-3,7-8,16-17H,4-5,15H2. The van der Waals surface area contributed by atoms with E-state index in [1.807, 2.05) is 0 Å². The second kappa shape index (κ2) is 4.10. The number of hydrogen-bond acceptors (Lipinski definition) is 3. The summed E-state index contributed by atoms with van der Waals surface area (Å²) < 4.78 is 38.2. The van der Waals surface area contributed by atoms with Crippen LogP contribution in [0.15, 0.2) is 18.2 Å². The predicted molar refractivity (Wildman–Crippen MR) is 58.5 cm³/mol. The number of nitrogens with one attached hydrogen (secondary N) is 1. The largest absolute Gasteiger partial charge is 0.418 e. The molecule has 3 nitrogen and oxygen atoms in total. The van der Waals surface area contributed by atoms with Crippen molar-refractivity contribution in [1.82, 2.24) is 0 Å². The van der Waals surface area contributed by atoms with Crippen LogP contribution in [0.3, 0.4) is 0 Å². The van der Waals surface area contributed by atoms with Gasteiger partial charge in [-0.2, -0.15) is 13.2 Å². The van der Waals surface area contributed by atoms with E-state index in [9.17, 15) is 13.2 Å². The van der Waals surface area contributed by atoms with Gasteiger partial charge in [0.2, 0.25) is 0 Å². The van der Waals surface area contributed by atoms with Gasteiger partial charge < -0.3 is 16.2 Å². The molecular formula is C11H13F3N2O. The Kier molecular flexibility index (Phi) is 2.91. The van der Waals surface area contributed by atoms with E-state index < -0.39 is 17.8 Å². The number of halogens is 3. The first-order valence-corrected chi connectivity index (χ1v) is 5.27. The minimum Gasteiger partial charge on any atom is -0.399 e. The molecule has 2 rings (SSSR count). The zero-order chi connectivity index (χ0) is 12.6. The third-order valence-electron chi connectivity index (χ3n) is 2.82. The first kappa shape index (κ1) is 12.0. The molecule has 17 heavy (non-hydrogen) atoms. The van der Waals surface area contributed by atoms with Crippen LogP contribution in [0.4, 0.5) is 24.5 Å². The van der Waals surface area contributed by atoms with Gasteiger partial charge in [0.25, 0.3) is 0 Å². The minimum atomic E-state index is -4.43. The summed E-state index contributed by atoms with van der Waals surface area (Å²) >= 11 is 0. The molecule has 0 amide bonds. The van der Waals surface area contributed by atoms with Crippen molar-refractivity contribution in [3.8, 4) is 0 Å². The molecule has 0 unspecified atom stereocenters. The number of aliphatic hydroxyl groups excluding tert-OH is 1. The van der Waals surface area contributed by atoms with E-state index >= 15 is 0 Å². The second-order valence-electron chi connectivity index (χ2n) is 4.27. The number of hydrogen-bond donors (Lipinski definition) is 3. The van der Waals surface area contributed by atoms with Gasteiger partial charge in [0, 0.05) is 17.4 Å². The molecule has 0 heterocycles. The highest BCUT2D eigenvalue weighted by molar-refractivity contribution is 5.59. The van der Waals surface area contributed by atoms with Gasteiger partial charge in [0.15, 0.2) is 0 Å². The van der Waals surface area contributed by atoms with E-state index in [2.05, 4.69) is 5.32 Å². The first-order valence-electron chi connectivity index (χ1n) is 5.27. The first-order chi connectivity index (χ1) is 7.86. The summed E-state index contributed by atoms with van der Waals surface area (Å²) in [5, 5.41) is 11.9. The molecular weight excluding hydrogens is 233 g/mol. The van der Waals surface area contributed by atoms with Crippen LogP contribution in [0.2, 0.25) is 0 Å². The van der Waals surface area contributed by atoms with Crippen molar-refractivity contribution in [3.05, 3.63) is 23.8 Å². The number of anilines is 2. The van der Waals surface area contributed by atoms with Crippen LogP contribution in [0.1, 0.15) is 18.4 Å². The van der Waals surface area contributed by atoms with E-state index in [1.165, 1.54) is 12.1 Å². The number of nitrogens with two attached hydrogens (primary N) is 1. The molecule has 1 aromatic rings. The summed E-state index contributed by atoms with van der Waals surface area (Å²) in [6.45, 7) is 0. The van der Waals surface area contributed by atoms with Crippen LogP contribution in [0, 0.1) is 0 Å². The molecule has 1 saturated carbocycles. The summed E-state index contributed by atoms with van der Waals surface area (Å²) in [5.74, 6) is 0. The Morgan fingerprint density at radius 1 is 1.29 bits per heavy atom. The highest BCUT2D eigenvalue weighted by Crippen LogP contribution is 2.37. The predicted octanol–water partition coefficient (Wildman–Crippen LogP) is 2.22. The molecule has 6 heteroatoms. The topological polar surface area (TPSA) is 58.3 Å². The van der Waals surface area contributed by atoms with Crippen LogP contribution in [-0.2, 0) is 6.18 Å². The minimum absolute atomic E-state index is 0.0172. The fraction of sp³-hybridized carbons (Fsp3) is 0.455. The lowest BCUT2D eigenvalue weighted by molar-refractivity contribution is -0.136. The second-order valence-corrected chi connectivity index (χ2v) is 4.27. The lowest BCUT2D eigenvalue weighted by Gasteiger charge is -2.33. The van der Waals surface area contributed by atoms with Crippen LogP contribution < -0.4 is 11.1 Å². The molecule has 0 aromatic heterocycles.